The van der Waals surface area contributed by atoms with Crippen molar-refractivity contribution in [1.82, 2.24) is 19.2 Å². The van der Waals surface area contributed by atoms with Crippen molar-refractivity contribution in [1.29, 1.82) is 0 Å². The lowest BCUT2D eigenvalue weighted by Crippen LogP contribution is -2.29. The molecule has 3 aromatic rings. The molecular formula is C19H20ClN5O4. The molecular weight excluding hydrogens is 398 g/mol. The molecule has 10 heteroatoms. The van der Waals surface area contributed by atoms with E-state index in [9.17, 15) is 14.7 Å². The maximum Gasteiger partial charge on any atom is 0.326 e. The van der Waals surface area contributed by atoms with E-state index < -0.39 is 17.6 Å². The Balaban J connectivity index is 1.70. The first-order valence-corrected chi connectivity index (χ1v) is 9.64. The first-order chi connectivity index (χ1) is 13.9. The number of nitrogens with zero attached hydrogens (tertiary/aromatic N) is 4. The summed E-state index contributed by atoms with van der Waals surface area (Å²) in [5.41, 5.74) is 1.23. The molecule has 0 amide bonds. The molecule has 4 heterocycles. The van der Waals surface area contributed by atoms with Crippen molar-refractivity contribution < 1.29 is 14.6 Å². The van der Waals surface area contributed by atoms with Gasteiger partial charge in [-0.1, -0.05) is 11.6 Å². The molecule has 0 spiro atoms. The predicted molar refractivity (Wildman–Crippen MR) is 108 cm³/mol. The maximum atomic E-state index is 12.7. The predicted octanol–water partition coefficient (Wildman–Crippen LogP) is 2.45. The van der Waals surface area contributed by atoms with Crippen molar-refractivity contribution in [2.45, 2.75) is 31.8 Å². The second-order valence-electron chi connectivity index (χ2n) is 7.00. The number of ether oxygens (including phenoxy) is 1. The van der Waals surface area contributed by atoms with Crippen LogP contribution in [0.2, 0.25) is 5.02 Å². The summed E-state index contributed by atoms with van der Waals surface area (Å²) in [6.07, 6.45) is 6.29. The Kier molecular flexibility index (Phi) is 5.25. The van der Waals surface area contributed by atoms with Gasteiger partial charge in [0, 0.05) is 42.8 Å². The number of hydrogen-bond donors (Lipinski definition) is 2. The summed E-state index contributed by atoms with van der Waals surface area (Å²) in [5.74, 6) is -0.414. The zero-order chi connectivity index (χ0) is 20.5. The topological polar surface area (TPSA) is 111 Å². The van der Waals surface area contributed by atoms with Gasteiger partial charge in [0.2, 0.25) is 0 Å². The largest absolute Gasteiger partial charge is 0.480 e. The monoisotopic (exact) mass is 417 g/mol. The number of rotatable bonds is 5. The fourth-order valence-corrected chi connectivity index (χ4v) is 3.55. The van der Waals surface area contributed by atoms with E-state index in [4.69, 9.17) is 16.3 Å². The fourth-order valence-electron chi connectivity index (χ4n) is 3.34. The van der Waals surface area contributed by atoms with E-state index in [2.05, 4.69) is 15.4 Å². The van der Waals surface area contributed by atoms with Crippen LogP contribution in [0.1, 0.15) is 25.8 Å². The van der Waals surface area contributed by atoms with E-state index in [-0.39, 0.29) is 11.6 Å². The van der Waals surface area contributed by atoms with Crippen LogP contribution in [0.4, 0.5) is 5.82 Å². The molecule has 29 heavy (non-hydrogen) atoms. The van der Waals surface area contributed by atoms with Crippen LogP contribution >= 0.6 is 11.6 Å². The third kappa shape index (κ3) is 3.83. The van der Waals surface area contributed by atoms with Crippen LogP contribution in [0.5, 0.6) is 0 Å². The Morgan fingerprint density at radius 3 is 2.86 bits per heavy atom. The standard InChI is InChI=1S/C19H20ClN5O4/c1-11(19(27)28)24-10-22-25-9-12(6-16(25)18(24)26)14-7-17(21-8-15(14)20)23-13-2-4-29-5-3-13/h6-11,13H,2-5H2,1H3,(H,21,23)(H,27,28)/t11-/m1/s1. The molecule has 152 valence electrons. The van der Waals surface area contributed by atoms with Crippen LogP contribution in [-0.4, -0.2) is 49.5 Å². The number of fused-ring (bicyclic) bond motifs is 1. The van der Waals surface area contributed by atoms with Gasteiger partial charge in [-0.05, 0) is 31.9 Å². The van der Waals surface area contributed by atoms with Crippen LogP contribution in [0.3, 0.4) is 0 Å². The maximum absolute atomic E-state index is 12.7. The van der Waals surface area contributed by atoms with E-state index >= 15 is 0 Å². The molecule has 2 N–H and O–H groups in total. The van der Waals surface area contributed by atoms with E-state index in [0.29, 0.717) is 22.0 Å². The molecule has 0 saturated carbocycles. The third-order valence-corrected chi connectivity index (χ3v) is 5.37. The molecule has 1 atom stereocenters. The Hall–Kier alpha value is -2.91. The van der Waals surface area contributed by atoms with Gasteiger partial charge in [0.1, 0.15) is 23.7 Å². The van der Waals surface area contributed by atoms with Gasteiger partial charge in [-0.2, -0.15) is 5.10 Å². The summed E-state index contributed by atoms with van der Waals surface area (Å²) in [5, 5.41) is 17.2. The lowest BCUT2D eigenvalue weighted by molar-refractivity contribution is -0.140. The Morgan fingerprint density at radius 1 is 1.38 bits per heavy atom. The number of carboxylic acid groups (broad SMARTS) is 1. The SMILES string of the molecule is C[C@H](C(=O)O)n1cnn2cc(-c3cc(NC4CCOCC4)ncc3Cl)cc2c1=O. The summed E-state index contributed by atoms with van der Waals surface area (Å²) < 4.78 is 7.89. The number of carbonyl (C=O) groups is 1. The quantitative estimate of drug-likeness (QED) is 0.655. The normalized spacial score (nSPS) is 16.1. The van der Waals surface area contributed by atoms with Gasteiger partial charge < -0.3 is 15.2 Å². The minimum absolute atomic E-state index is 0.266. The number of hydrogen-bond acceptors (Lipinski definition) is 6. The zero-order valence-corrected chi connectivity index (χ0v) is 16.5. The van der Waals surface area contributed by atoms with Crippen LogP contribution < -0.4 is 10.9 Å². The van der Waals surface area contributed by atoms with Crippen molar-refractivity contribution in [3.8, 4) is 11.1 Å². The number of carboxylic acids is 1. The smallest absolute Gasteiger partial charge is 0.326 e. The van der Waals surface area contributed by atoms with Crippen LogP contribution in [0.25, 0.3) is 16.6 Å². The third-order valence-electron chi connectivity index (χ3n) is 5.07. The Morgan fingerprint density at radius 2 is 2.14 bits per heavy atom. The summed E-state index contributed by atoms with van der Waals surface area (Å²) in [4.78, 5) is 28.3. The molecule has 1 aliphatic rings. The number of halogens is 1. The number of nitrogens with one attached hydrogen (secondary N) is 1. The molecule has 0 aliphatic carbocycles. The van der Waals surface area contributed by atoms with Crippen molar-refractivity contribution in [3.05, 3.63) is 46.2 Å². The average Bonchev–Trinajstić information content (AvgIpc) is 3.15. The molecule has 0 aromatic carbocycles. The summed E-state index contributed by atoms with van der Waals surface area (Å²) in [6.45, 7) is 2.87. The van der Waals surface area contributed by atoms with Crippen LogP contribution in [0, 0.1) is 0 Å². The van der Waals surface area contributed by atoms with Gasteiger partial charge in [-0.15, -0.1) is 0 Å². The Bertz CT molecular complexity index is 1120. The first kappa shape index (κ1) is 19.4. The first-order valence-electron chi connectivity index (χ1n) is 9.26. The van der Waals surface area contributed by atoms with Crippen molar-refractivity contribution >= 4 is 28.9 Å². The highest BCUT2D eigenvalue weighted by molar-refractivity contribution is 6.33. The van der Waals surface area contributed by atoms with Crippen molar-refractivity contribution in [3.63, 3.8) is 0 Å². The Labute approximate surface area is 170 Å². The van der Waals surface area contributed by atoms with Crippen LogP contribution in [-0.2, 0) is 9.53 Å². The van der Waals surface area contributed by atoms with Gasteiger partial charge in [0.25, 0.3) is 5.56 Å². The number of pyridine rings is 1. The van der Waals surface area contributed by atoms with Crippen molar-refractivity contribution in [2.24, 2.45) is 0 Å². The molecule has 4 rings (SSSR count). The number of anilines is 1. The molecule has 0 unspecified atom stereocenters. The summed E-state index contributed by atoms with van der Waals surface area (Å²) in [6, 6.07) is 2.76. The molecule has 1 aliphatic heterocycles. The van der Waals surface area contributed by atoms with E-state index in [0.717, 1.165) is 30.6 Å². The molecule has 1 saturated heterocycles. The zero-order valence-electron chi connectivity index (χ0n) is 15.7. The fraction of sp³-hybridized carbons (Fsp3) is 0.368. The number of aromatic nitrogens is 4. The molecule has 0 bridgehead atoms. The van der Waals surface area contributed by atoms with Gasteiger partial charge in [0.05, 0.1) is 5.02 Å². The lowest BCUT2D eigenvalue weighted by Gasteiger charge is -2.23. The van der Waals surface area contributed by atoms with Gasteiger partial charge in [0.15, 0.2) is 0 Å². The molecule has 1 fully saturated rings. The molecule has 0 radical (unpaired) electrons. The highest BCUT2D eigenvalue weighted by Gasteiger charge is 2.19. The summed E-state index contributed by atoms with van der Waals surface area (Å²) in [7, 11) is 0. The van der Waals surface area contributed by atoms with Crippen LogP contribution in [0.15, 0.2) is 35.6 Å². The van der Waals surface area contributed by atoms with E-state index in [1.54, 1.807) is 18.5 Å². The summed E-state index contributed by atoms with van der Waals surface area (Å²) >= 11 is 6.36. The second kappa shape index (κ2) is 7.84. The number of aliphatic carboxylic acids is 1. The minimum atomic E-state index is -1.11. The molecule has 9 nitrogen and oxygen atoms in total. The van der Waals surface area contributed by atoms with E-state index in [1.807, 2.05) is 6.07 Å². The highest BCUT2D eigenvalue weighted by Crippen LogP contribution is 2.30. The lowest BCUT2D eigenvalue weighted by atomic mass is 10.1. The second-order valence-corrected chi connectivity index (χ2v) is 7.40. The highest BCUT2D eigenvalue weighted by atomic mass is 35.5. The van der Waals surface area contributed by atoms with Gasteiger partial charge in [-0.25, -0.2) is 14.3 Å². The van der Waals surface area contributed by atoms with Gasteiger partial charge in [-0.3, -0.25) is 9.36 Å². The van der Waals surface area contributed by atoms with Crippen molar-refractivity contribution in [2.75, 3.05) is 18.5 Å². The average molecular weight is 418 g/mol. The van der Waals surface area contributed by atoms with Gasteiger partial charge >= 0.3 is 5.97 Å². The van der Waals surface area contributed by atoms with E-state index in [1.165, 1.54) is 17.8 Å². The molecule has 3 aromatic heterocycles. The minimum Gasteiger partial charge on any atom is -0.480 e.